The van der Waals surface area contributed by atoms with Crippen molar-refractivity contribution in [2.75, 3.05) is 0 Å². The average Bonchev–Trinajstić information content (AvgIpc) is 2.62. The molecule has 0 N–H and O–H groups in total. The topological polar surface area (TPSA) is 39.2 Å². The second-order valence-corrected chi connectivity index (χ2v) is 7.73. The highest BCUT2D eigenvalue weighted by atomic mass is 35.5. The maximum absolute atomic E-state index is 11.8. The highest BCUT2D eigenvalue weighted by Gasteiger charge is 2.18. The molecule has 0 unspecified atom stereocenters. The van der Waals surface area contributed by atoms with Gasteiger partial charge in [0.1, 0.15) is 5.75 Å². The molecule has 0 aliphatic heterocycles. The summed E-state index contributed by atoms with van der Waals surface area (Å²) in [7, 11) is 0. The Morgan fingerprint density at radius 2 is 1.81 bits per heavy atom. The second-order valence-electron chi connectivity index (χ2n) is 5.80. The molecule has 0 radical (unpaired) electrons. The number of nitrogens with zero attached hydrogens (tertiary/aromatic N) is 1. The van der Waals surface area contributed by atoms with Gasteiger partial charge >= 0.3 is 5.97 Å². The number of benzene rings is 2. The van der Waals surface area contributed by atoms with Crippen LogP contribution in [0.15, 0.2) is 46.2 Å². The minimum Gasteiger partial charge on any atom is -0.426 e. The molecule has 3 nitrogen and oxygen atoms in total. The molecule has 1 heterocycles. The van der Waals surface area contributed by atoms with Crippen LogP contribution in [0.1, 0.15) is 24.6 Å². The zero-order valence-electron chi connectivity index (χ0n) is 14.6. The lowest BCUT2D eigenvalue weighted by atomic mass is 10.1. The van der Waals surface area contributed by atoms with E-state index in [2.05, 4.69) is 4.98 Å². The van der Waals surface area contributed by atoms with Crippen LogP contribution in [0.2, 0.25) is 10.0 Å². The summed E-state index contributed by atoms with van der Waals surface area (Å²) in [5.41, 5.74) is 2.49. The van der Waals surface area contributed by atoms with Crippen LogP contribution in [-0.4, -0.2) is 11.0 Å². The Bertz CT molecular complexity index is 988. The highest BCUT2D eigenvalue weighted by molar-refractivity contribution is 7.99. The smallest absolute Gasteiger partial charge is 0.310 e. The van der Waals surface area contributed by atoms with Crippen LogP contribution in [-0.2, 0) is 4.79 Å². The summed E-state index contributed by atoms with van der Waals surface area (Å²) in [6.45, 7) is 5.71. The van der Waals surface area contributed by atoms with Crippen molar-refractivity contribution in [3.63, 3.8) is 0 Å². The van der Waals surface area contributed by atoms with Crippen LogP contribution in [0.3, 0.4) is 0 Å². The number of carbonyl (C=O) groups is 1. The summed E-state index contributed by atoms with van der Waals surface area (Å²) in [6, 6.07) is 11.1. The number of carbonyl (C=O) groups excluding carboxylic acids is 1. The Kier molecular flexibility index (Phi) is 5.76. The third-order valence-corrected chi connectivity index (χ3v) is 5.83. The number of hydrogen-bond donors (Lipinski definition) is 0. The first-order chi connectivity index (χ1) is 12.4. The third kappa shape index (κ3) is 3.83. The SMILES string of the molecule is CCC(=O)Oc1ccc(Cl)c2nc(C)c(Sc3ccc(Cl)cc3)c(C)c12. The fraction of sp³-hybridized carbons (Fsp3) is 0.200. The van der Waals surface area contributed by atoms with E-state index in [-0.39, 0.29) is 5.97 Å². The van der Waals surface area contributed by atoms with Crippen LogP contribution < -0.4 is 4.74 Å². The molecule has 0 saturated carbocycles. The number of aromatic nitrogens is 1. The summed E-state index contributed by atoms with van der Waals surface area (Å²) in [5.74, 6) is 0.194. The van der Waals surface area contributed by atoms with Crippen molar-refractivity contribution in [2.24, 2.45) is 0 Å². The van der Waals surface area contributed by atoms with Crippen LogP contribution in [0, 0.1) is 13.8 Å². The Balaban J connectivity index is 2.16. The number of ether oxygens (including phenoxy) is 1. The molecular weight excluding hydrogens is 389 g/mol. The Morgan fingerprint density at radius 3 is 2.46 bits per heavy atom. The number of aryl methyl sites for hydroxylation is 2. The van der Waals surface area contributed by atoms with Crippen molar-refractivity contribution in [3.8, 4) is 5.75 Å². The van der Waals surface area contributed by atoms with Crippen LogP contribution in [0.5, 0.6) is 5.75 Å². The summed E-state index contributed by atoms with van der Waals surface area (Å²) in [5, 5.41) is 1.99. The molecule has 0 bridgehead atoms. The number of esters is 1. The van der Waals surface area contributed by atoms with Crippen molar-refractivity contribution in [3.05, 3.63) is 57.7 Å². The van der Waals surface area contributed by atoms with Gasteiger partial charge in [0.15, 0.2) is 0 Å². The predicted octanol–water partition coefficient (Wildman–Crippen LogP) is 6.63. The van der Waals surface area contributed by atoms with Gasteiger partial charge in [0, 0.05) is 26.6 Å². The standard InChI is InChI=1S/C20H17Cl2NO2S/c1-4-17(24)25-16-10-9-15(22)19-18(16)11(2)20(12(3)23-19)26-14-7-5-13(21)6-8-14/h5-10H,4H2,1-3H3. The van der Waals surface area contributed by atoms with Gasteiger partial charge in [-0.05, 0) is 55.8 Å². The number of rotatable bonds is 4. The largest absolute Gasteiger partial charge is 0.426 e. The Hall–Kier alpha value is -1.75. The van der Waals surface area contributed by atoms with Gasteiger partial charge in [-0.15, -0.1) is 0 Å². The van der Waals surface area contributed by atoms with Gasteiger partial charge in [-0.1, -0.05) is 41.9 Å². The second kappa shape index (κ2) is 7.87. The summed E-state index contributed by atoms with van der Waals surface area (Å²) in [6.07, 6.45) is 0.300. The Labute approximate surface area is 166 Å². The van der Waals surface area contributed by atoms with Gasteiger partial charge in [0.05, 0.1) is 16.2 Å². The van der Waals surface area contributed by atoms with Crippen molar-refractivity contribution < 1.29 is 9.53 Å². The lowest BCUT2D eigenvalue weighted by Gasteiger charge is -2.15. The molecule has 0 saturated heterocycles. The number of halogens is 2. The van der Waals surface area contributed by atoms with E-state index in [9.17, 15) is 4.79 Å². The minimum atomic E-state index is -0.291. The molecule has 0 aliphatic carbocycles. The van der Waals surface area contributed by atoms with Crippen molar-refractivity contribution in [1.82, 2.24) is 4.98 Å². The van der Waals surface area contributed by atoms with E-state index >= 15 is 0 Å². The van der Waals surface area contributed by atoms with Crippen molar-refractivity contribution in [1.29, 1.82) is 0 Å². The van der Waals surface area contributed by atoms with Crippen LogP contribution in [0.25, 0.3) is 10.9 Å². The maximum Gasteiger partial charge on any atom is 0.310 e. The molecule has 0 fully saturated rings. The molecule has 6 heteroatoms. The van der Waals surface area contributed by atoms with E-state index in [1.165, 1.54) is 0 Å². The zero-order chi connectivity index (χ0) is 18.8. The summed E-state index contributed by atoms with van der Waals surface area (Å²) >= 11 is 13.9. The molecule has 3 aromatic rings. The maximum atomic E-state index is 11.8. The first kappa shape index (κ1) is 19.0. The fourth-order valence-electron chi connectivity index (χ4n) is 2.67. The molecule has 0 amide bonds. The normalized spacial score (nSPS) is 11.0. The van der Waals surface area contributed by atoms with Gasteiger partial charge < -0.3 is 4.74 Å². The van der Waals surface area contributed by atoms with Crippen LogP contribution >= 0.6 is 35.0 Å². The predicted molar refractivity (Wildman–Crippen MR) is 108 cm³/mol. The average molecular weight is 406 g/mol. The van der Waals surface area contributed by atoms with E-state index in [1.807, 2.05) is 38.1 Å². The molecule has 0 spiro atoms. The van der Waals surface area contributed by atoms with E-state index in [4.69, 9.17) is 27.9 Å². The molecule has 1 aromatic heterocycles. The van der Waals surface area contributed by atoms with Gasteiger partial charge in [0.2, 0.25) is 0 Å². The van der Waals surface area contributed by atoms with Crippen LogP contribution in [0.4, 0.5) is 0 Å². The van der Waals surface area contributed by atoms with Gasteiger partial charge in [-0.2, -0.15) is 0 Å². The number of pyridine rings is 1. The molecule has 0 atom stereocenters. The van der Waals surface area contributed by atoms with E-state index in [1.54, 1.807) is 30.8 Å². The minimum absolute atomic E-state index is 0.291. The first-order valence-corrected chi connectivity index (χ1v) is 9.71. The molecule has 2 aromatic carbocycles. The third-order valence-electron chi connectivity index (χ3n) is 3.96. The van der Waals surface area contributed by atoms with Crippen molar-refractivity contribution in [2.45, 2.75) is 37.0 Å². The van der Waals surface area contributed by atoms with E-state index in [0.29, 0.717) is 27.7 Å². The van der Waals surface area contributed by atoms with Gasteiger partial charge in [-0.3, -0.25) is 9.78 Å². The fourth-order valence-corrected chi connectivity index (χ4v) is 3.96. The zero-order valence-corrected chi connectivity index (χ0v) is 16.9. The molecular formula is C20H17Cl2NO2S. The molecule has 0 aliphatic rings. The lowest BCUT2D eigenvalue weighted by Crippen LogP contribution is -2.07. The molecule has 3 rings (SSSR count). The monoisotopic (exact) mass is 405 g/mol. The number of fused-ring (bicyclic) bond motifs is 1. The Morgan fingerprint density at radius 1 is 1.12 bits per heavy atom. The van der Waals surface area contributed by atoms with Crippen molar-refractivity contribution >= 4 is 51.8 Å². The molecule has 26 heavy (non-hydrogen) atoms. The van der Waals surface area contributed by atoms with E-state index < -0.39 is 0 Å². The highest BCUT2D eigenvalue weighted by Crippen LogP contribution is 2.40. The quantitative estimate of drug-likeness (QED) is 0.360. The lowest BCUT2D eigenvalue weighted by molar-refractivity contribution is -0.133. The van der Waals surface area contributed by atoms with Gasteiger partial charge in [0.25, 0.3) is 0 Å². The molecule has 134 valence electrons. The summed E-state index contributed by atoms with van der Waals surface area (Å²) in [4.78, 5) is 18.5. The number of hydrogen-bond acceptors (Lipinski definition) is 4. The van der Waals surface area contributed by atoms with Gasteiger partial charge in [-0.25, -0.2) is 0 Å². The first-order valence-electron chi connectivity index (χ1n) is 8.14. The van der Waals surface area contributed by atoms with E-state index in [0.717, 1.165) is 26.4 Å². The summed E-state index contributed by atoms with van der Waals surface area (Å²) < 4.78 is 5.51.